The standard InChI is InChI=1S/C8H14O4S3/c9-6(10)5-8(1-3-13,7(11)15)12-2-4-14/h13-14H,1-5H2,(H,9,10)(H,11,15). The second kappa shape index (κ2) is 7.43. The van der Waals surface area contributed by atoms with Crippen LogP contribution in [0.15, 0.2) is 0 Å². The van der Waals surface area contributed by atoms with Crippen molar-refractivity contribution in [3.8, 4) is 0 Å². The van der Waals surface area contributed by atoms with Gasteiger partial charge in [-0.2, -0.15) is 25.3 Å². The van der Waals surface area contributed by atoms with Gasteiger partial charge >= 0.3 is 5.97 Å². The van der Waals surface area contributed by atoms with Crippen LogP contribution in [0.3, 0.4) is 0 Å². The SMILES string of the molecule is O=C(O)CC(CCS)(OCCS)C(=O)S. The van der Waals surface area contributed by atoms with E-state index in [2.05, 4.69) is 37.9 Å². The molecule has 0 saturated heterocycles. The molecule has 1 N–H and O–H groups in total. The fourth-order valence-electron chi connectivity index (χ4n) is 1.12. The van der Waals surface area contributed by atoms with Crippen molar-refractivity contribution in [2.75, 3.05) is 18.1 Å². The van der Waals surface area contributed by atoms with Crippen LogP contribution in [0, 0.1) is 0 Å². The largest absolute Gasteiger partial charge is 0.481 e. The average molecular weight is 270 g/mol. The third-order valence-corrected chi connectivity index (χ3v) is 2.63. The van der Waals surface area contributed by atoms with Crippen LogP contribution >= 0.6 is 37.9 Å². The maximum absolute atomic E-state index is 11.3. The van der Waals surface area contributed by atoms with E-state index in [0.717, 1.165) is 0 Å². The number of ether oxygens (including phenoxy) is 1. The van der Waals surface area contributed by atoms with Gasteiger partial charge in [-0.05, 0) is 12.2 Å². The summed E-state index contributed by atoms with van der Waals surface area (Å²) in [5, 5.41) is 8.13. The predicted octanol–water partition coefficient (Wildman–Crippen LogP) is 0.923. The number of thiol groups is 3. The molecule has 0 aromatic carbocycles. The van der Waals surface area contributed by atoms with Gasteiger partial charge in [0.15, 0.2) is 0 Å². The molecule has 0 aliphatic carbocycles. The molecule has 0 aromatic heterocycles. The van der Waals surface area contributed by atoms with E-state index in [1.807, 2.05) is 0 Å². The summed E-state index contributed by atoms with van der Waals surface area (Å²) in [5.41, 5.74) is -1.38. The van der Waals surface area contributed by atoms with Crippen molar-refractivity contribution in [2.24, 2.45) is 0 Å². The molecule has 0 saturated carbocycles. The van der Waals surface area contributed by atoms with Gasteiger partial charge in [-0.3, -0.25) is 9.59 Å². The highest BCUT2D eigenvalue weighted by atomic mass is 32.1. The van der Waals surface area contributed by atoms with Gasteiger partial charge in [-0.15, -0.1) is 12.6 Å². The summed E-state index contributed by atoms with van der Waals surface area (Å²) in [5.74, 6) is -0.334. The number of hydrogen-bond acceptors (Lipinski definition) is 5. The molecule has 0 fully saturated rings. The lowest BCUT2D eigenvalue weighted by atomic mass is 9.97. The van der Waals surface area contributed by atoms with Crippen LogP contribution < -0.4 is 0 Å². The van der Waals surface area contributed by atoms with Crippen molar-refractivity contribution in [3.63, 3.8) is 0 Å². The van der Waals surface area contributed by atoms with Crippen molar-refractivity contribution in [2.45, 2.75) is 18.4 Å². The molecule has 0 aliphatic rings. The quantitative estimate of drug-likeness (QED) is 0.495. The molecule has 0 amide bonds. The van der Waals surface area contributed by atoms with Crippen molar-refractivity contribution < 1.29 is 19.4 Å². The van der Waals surface area contributed by atoms with Crippen LogP contribution in [0.4, 0.5) is 0 Å². The number of rotatable bonds is 8. The second-order valence-corrected chi connectivity index (χ2v) is 4.22. The topological polar surface area (TPSA) is 63.6 Å². The van der Waals surface area contributed by atoms with E-state index in [4.69, 9.17) is 9.84 Å². The Labute approximate surface area is 105 Å². The van der Waals surface area contributed by atoms with Crippen molar-refractivity contribution in [1.29, 1.82) is 0 Å². The molecule has 0 aromatic rings. The lowest BCUT2D eigenvalue weighted by Gasteiger charge is -2.28. The fraction of sp³-hybridized carbons (Fsp3) is 0.750. The maximum atomic E-state index is 11.3. The molecule has 4 nitrogen and oxygen atoms in total. The summed E-state index contributed by atoms with van der Waals surface area (Å²) >= 11 is 11.6. The highest BCUT2D eigenvalue weighted by Crippen LogP contribution is 2.25. The first-order valence-corrected chi connectivity index (χ1v) is 6.00. The Morgan fingerprint density at radius 1 is 1.27 bits per heavy atom. The highest BCUT2D eigenvalue weighted by molar-refractivity contribution is 7.96. The van der Waals surface area contributed by atoms with E-state index >= 15 is 0 Å². The molecule has 1 unspecified atom stereocenters. The van der Waals surface area contributed by atoms with Gasteiger partial charge in [0.25, 0.3) is 0 Å². The highest BCUT2D eigenvalue weighted by Gasteiger charge is 2.39. The lowest BCUT2D eigenvalue weighted by Crippen LogP contribution is -2.42. The Balaban J connectivity index is 4.71. The third-order valence-electron chi connectivity index (χ3n) is 1.81. The number of carbonyl (C=O) groups excluding carboxylic acids is 1. The Hall–Kier alpha value is 0.150. The molecule has 0 spiro atoms. The predicted molar refractivity (Wildman–Crippen MR) is 67.3 cm³/mol. The van der Waals surface area contributed by atoms with Gasteiger partial charge in [0.05, 0.1) is 13.0 Å². The van der Waals surface area contributed by atoms with E-state index in [1.165, 1.54) is 0 Å². The first-order valence-electron chi connectivity index (χ1n) is 4.29. The zero-order valence-electron chi connectivity index (χ0n) is 8.05. The first-order chi connectivity index (χ1) is 6.98. The van der Waals surface area contributed by atoms with Crippen molar-refractivity contribution >= 4 is 49.0 Å². The molecule has 0 bridgehead atoms. The summed E-state index contributed by atoms with van der Waals surface area (Å²) in [6, 6.07) is 0. The molecule has 7 heteroatoms. The Morgan fingerprint density at radius 3 is 2.20 bits per heavy atom. The number of carbonyl (C=O) groups is 2. The average Bonchev–Trinajstić information content (AvgIpc) is 2.13. The number of carboxylic acid groups (broad SMARTS) is 1. The monoisotopic (exact) mass is 270 g/mol. The maximum Gasteiger partial charge on any atom is 0.306 e. The molecular formula is C8H14O4S3. The van der Waals surface area contributed by atoms with Gasteiger partial charge in [0, 0.05) is 5.75 Å². The molecule has 0 rings (SSSR count). The Bertz CT molecular complexity index is 234. The van der Waals surface area contributed by atoms with E-state index in [1.54, 1.807) is 0 Å². The van der Waals surface area contributed by atoms with Gasteiger partial charge in [0.1, 0.15) is 5.60 Å². The van der Waals surface area contributed by atoms with Gasteiger partial charge in [0.2, 0.25) is 5.12 Å². The van der Waals surface area contributed by atoms with Crippen LogP contribution in [0.2, 0.25) is 0 Å². The van der Waals surface area contributed by atoms with Crippen LogP contribution in [0.5, 0.6) is 0 Å². The van der Waals surface area contributed by atoms with Crippen LogP contribution in [-0.2, 0) is 14.3 Å². The molecular weight excluding hydrogens is 256 g/mol. The molecule has 15 heavy (non-hydrogen) atoms. The molecule has 0 heterocycles. The minimum Gasteiger partial charge on any atom is -0.481 e. The van der Waals surface area contributed by atoms with Crippen LogP contribution in [0.1, 0.15) is 12.8 Å². The summed E-state index contributed by atoms with van der Waals surface area (Å²) in [6.45, 7) is 0.205. The zero-order valence-corrected chi connectivity index (χ0v) is 10.7. The summed E-state index contributed by atoms with van der Waals surface area (Å²) in [7, 11) is 0. The third kappa shape index (κ3) is 5.14. The van der Waals surface area contributed by atoms with Crippen molar-refractivity contribution in [1.82, 2.24) is 0 Å². The zero-order chi connectivity index (χ0) is 11.9. The Morgan fingerprint density at radius 2 is 1.87 bits per heavy atom. The fourth-order valence-corrected chi connectivity index (χ4v) is 1.83. The molecule has 1 atom stereocenters. The smallest absolute Gasteiger partial charge is 0.306 e. The van der Waals surface area contributed by atoms with Crippen LogP contribution in [0.25, 0.3) is 0 Å². The van der Waals surface area contributed by atoms with Crippen molar-refractivity contribution in [3.05, 3.63) is 0 Å². The molecule has 88 valence electrons. The second-order valence-electron chi connectivity index (χ2n) is 2.92. The number of aliphatic carboxylic acids is 1. The van der Waals surface area contributed by atoms with Gasteiger partial charge in [-0.1, -0.05) is 0 Å². The minimum absolute atomic E-state index is 0.205. The number of hydrogen-bond donors (Lipinski definition) is 4. The molecule has 0 radical (unpaired) electrons. The van der Waals surface area contributed by atoms with Gasteiger partial charge < -0.3 is 9.84 Å². The van der Waals surface area contributed by atoms with E-state index in [0.29, 0.717) is 11.5 Å². The Kier molecular flexibility index (Phi) is 7.50. The van der Waals surface area contributed by atoms with E-state index < -0.39 is 23.1 Å². The van der Waals surface area contributed by atoms with E-state index in [9.17, 15) is 9.59 Å². The molecule has 0 aliphatic heterocycles. The lowest BCUT2D eigenvalue weighted by molar-refractivity contribution is -0.152. The number of carboxylic acids is 1. The minimum atomic E-state index is -1.38. The normalized spacial score (nSPS) is 14.6. The van der Waals surface area contributed by atoms with Gasteiger partial charge in [-0.25, -0.2) is 0 Å². The van der Waals surface area contributed by atoms with E-state index in [-0.39, 0.29) is 13.0 Å². The summed E-state index contributed by atoms with van der Waals surface area (Å²) < 4.78 is 5.26. The van der Waals surface area contributed by atoms with Crippen LogP contribution in [-0.4, -0.2) is 39.9 Å². The first kappa shape index (κ1) is 15.2. The summed E-state index contributed by atoms with van der Waals surface area (Å²) in [4.78, 5) is 22.0. The summed E-state index contributed by atoms with van der Waals surface area (Å²) in [6.07, 6.45) is -0.178.